The van der Waals surface area contributed by atoms with Crippen LogP contribution in [0, 0.1) is 18.3 Å². The number of carbonyl (C=O) groups is 1. The van der Waals surface area contributed by atoms with Crippen LogP contribution < -0.4 is 0 Å². The van der Waals surface area contributed by atoms with Crippen molar-refractivity contribution in [2.24, 2.45) is 11.3 Å². The van der Waals surface area contributed by atoms with E-state index in [9.17, 15) is 4.79 Å². The number of ether oxygens (including phenoxy) is 2. The molecule has 2 aromatic heterocycles. The Bertz CT molecular complexity index is 765. The van der Waals surface area contributed by atoms with Gasteiger partial charge in [-0.05, 0) is 31.9 Å². The van der Waals surface area contributed by atoms with Crippen molar-refractivity contribution in [2.45, 2.75) is 45.8 Å². The number of fused-ring (bicyclic) bond motifs is 2. The largest absolute Gasteiger partial charge is 0.457 e. The zero-order valence-corrected chi connectivity index (χ0v) is 13.8. The van der Waals surface area contributed by atoms with Gasteiger partial charge in [-0.1, -0.05) is 19.9 Å². The van der Waals surface area contributed by atoms with E-state index >= 15 is 0 Å². The van der Waals surface area contributed by atoms with Crippen molar-refractivity contribution in [1.29, 1.82) is 0 Å². The highest BCUT2D eigenvalue weighted by molar-refractivity contribution is 5.88. The van der Waals surface area contributed by atoms with Crippen LogP contribution in [0.3, 0.4) is 0 Å². The van der Waals surface area contributed by atoms with Crippen LogP contribution in [0.1, 0.15) is 42.9 Å². The minimum Gasteiger partial charge on any atom is -0.457 e. The summed E-state index contributed by atoms with van der Waals surface area (Å²) >= 11 is 0. The molecule has 5 nitrogen and oxygen atoms in total. The van der Waals surface area contributed by atoms with Crippen LogP contribution in [0.25, 0.3) is 5.65 Å². The molecular formula is C18H22N2O3. The lowest BCUT2D eigenvalue weighted by Gasteiger charge is -2.58. The van der Waals surface area contributed by atoms with Crippen molar-refractivity contribution >= 4 is 11.6 Å². The lowest BCUT2D eigenvalue weighted by atomic mass is 9.57. The number of nitrogens with zero attached hydrogens (tertiary/aromatic N) is 2. The number of imidazole rings is 1. The number of rotatable bonds is 2. The standard InChI is InChI=1S/C18H22N2O3/c1-11-6-4-8-14-19-13(10-20(11)14)17(21)23-16-12-7-5-9-22-15(12)18(16,2)3/h4,6,8,10,12,15-16H,5,7,9H2,1-3H3/t12-,15-,16+/m0/s1. The second kappa shape index (κ2) is 5.06. The molecule has 0 amide bonds. The van der Waals surface area contributed by atoms with Gasteiger partial charge < -0.3 is 13.9 Å². The highest BCUT2D eigenvalue weighted by Gasteiger charge is 2.60. The van der Waals surface area contributed by atoms with Crippen LogP contribution in [0.5, 0.6) is 0 Å². The molecule has 0 N–H and O–H groups in total. The molecule has 2 aromatic rings. The molecule has 0 bridgehead atoms. The van der Waals surface area contributed by atoms with E-state index in [0.29, 0.717) is 11.6 Å². The predicted molar refractivity (Wildman–Crippen MR) is 85.4 cm³/mol. The first-order valence-electron chi connectivity index (χ1n) is 8.26. The molecule has 2 aliphatic rings. The summed E-state index contributed by atoms with van der Waals surface area (Å²) in [5.41, 5.74) is 2.05. The van der Waals surface area contributed by atoms with Gasteiger partial charge in [0.15, 0.2) is 5.69 Å². The minimum atomic E-state index is -0.338. The van der Waals surface area contributed by atoms with Gasteiger partial charge in [-0.15, -0.1) is 0 Å². The maximum Gasteiger partial charge on any atom is 0.358 e. The highest BCUT2D eigenvalue weighted by atomic mass is 16.6. The van der Waals surface area contributed by atoms with E-state index in [1.165, 1.54) is 0 Å². The number of hydrogen-bond donors (Lipinski definition) is 0. The fourth-order valence-electron chi connectivity index (χ4n) is 4.14. The predicted octanol–water partition coefficient (Wildman–Crippen LogP) is 3.00. The maximum absolute atomic E-state index is 12.6. The molecular weight excluding hydrogens is 292 g/mol. The van der Waals surface area contributed by atoms with E-state index in [0.717, 1.165) is 30.8 Å². The number of esters is 1. The number of aryl methyl sites for hydroxylation is 1. The summed E-state index contributed by atoms with van der Waals surface area (Å²) in [4.78, 5) is 16.9. The van der Waals surface area contributed by atoms with Gasteiger partial charge in [0.2, 0.25) is 0 Å². The van der Waals surface area contributed by atoms with Gasteiger partial charge in [-0.3, -0.25) is 0 Å². The fraction of sp³-hybridized carbons (Fsp3) is 0.556. The Morgan fingerprint density at radius 1 is 1.43 bits per heavy atom. The molecule has 1 aliphatic heterocycles. The number of carbonyl (C=O) groups excluding carboxylic acids is 1. The zero-order chi connectivity index (χ0) is 16.2. The normalized spacial score (nSPS) is 28.9. The van der Waals surface area contributed by atoms with Crippen LogP contribution in [0.4, 0.5) is 0 Å². The first-order valence-corrected chi connectivity index (χ1v) is 8.26. The van der Waals surface area contributed by atoms with Crippen LogP contribution >= 0.6 is 0 Å². The number of aromatic nitrogens is 2. The lowest BCUT2D eigenvalue weighted by Crippen LogP contribution is -2.65. The Morgan fingerprint density at radius 3 is 3.04 bits per heavy atom. The second-order valence-corrected chi connectivity index (χ2v) is 7.27. The van der Waals surface area contributed by atoms with E-state index in [1.807, 2.05) is 29.5 Å². The van der Waals surface area contributed by atoms with Gasteiger partial charge in [-0.25, -0.2) is 9.78 Å². The zero-order valence-electron chi connectivity index (χ0n) is 13.8. The average molecular weight is 314 g/mol. The third-order valence-corrected chi connectivity index (χ3v) is 5.36. The monoisotopic (exact) mass is 314 g/mol. The van der Waals surface area contributed by atoms with E-state index in [1.54, 1.807) is 6.20 Å². The molecule has 23 heavy (non-hydrogen) atoms. The summed E-state index contributed by atoms with van der Waals surface area (Å²) in [5.74, 6) is -0.0170. The van der Waals surface area contributed by atoms with Crippen molar-refractivity contribution in [2.75, 3.05) is 6.61 Å². The molecule has 0 unspecified atom stereocenters. The van der Waals surface area contributed by atoms with Crippen molar-refractivity contribution < 1.29 is 14.3 Å². The summed E-state index contributed by atoms with van der Waals surface area (Å²) < 4.78 is 13.6. The SMILES string of the molecule is Cc1cccc2nc(C(=O)O[C@@H]3[C@H]4CCCO[C@@H]4C3(C)C)cn12. The van der Waals surface area contributed by atoms with Gasteiger partial charge in [0.05, 0.1) is 6.10 Å². The van der Waals surface area contributed by atoms with Crippen molar-refractivity contribution in [3.05, 3.63) is 35.8 Å². The van der Waals surface area contributed by atoms with Crippen molar-refractivity contribution in [3.63, 3.8) is 0 Å². The van der Waals surface area contributed by atoms with Crippen molar-refractivity contribution in [1.82, 2.24) is 9.38 Å². The van der Waals surface area contributed by atoms with E-state index in [4.69, 9.17) is 9.47 Å². The molecule has 1 aliphatic carbocycles. The molecule has 0 spiro atoms. The fourth-order valence-corrected chi connectivity index (χ4v) is 4.14. The van der Waals surface area contributed by atoms with E-state index < -0.39 is 0 Å². The maximum atomic E-state index is 12.6. The van der Waals surface area contributed by atoms with Gasteiger partial charge in [0, 0.05) is 29.8 Å². The third kappa shape index (κ3) is 2.17. The number of hydrogen-bond acceptors (Lipinski definition) is 4. The third-order valence-electron chi connectivity index (χ3n) is 5.36. The van der Waals surface area contributed by atoms with E-state index in [2.05, 4.69) is 18.8 Å². The van der Waals surface area contributed by atoms with Crippen LogP contribution in [0.15, 0.2) is 24.4 Å². The lowest BCUT2D eigenvalue weighted by molar-refractivity contribution is -0.243. The van der Waals surface area contributed by atoms with Crippen LogP contribution in [-0.4, -0.2) is 34.2 Å². The molecule has 2 fully saturated rings. The topological polar surface area (TPSA) is 52.8 Å². The highest BCUT2D eigenvalue weighted by Crippen LogP contribution is 2.53. The summed E-state index contributed by atoms with van der Waals surface area (Å²) in [6.45, 7) is 7.04. The summed E-state index contributed by atoms with van der Waals surface area (Å²) in [5, 5.41) is 0. The minimum absolute atomic E-state index is 0.0915. The number of pyridine rings is 1. The van der Waals surface area contributed by atoms with Crippen LogP contribution in [0.2, 0.25) is 0 Å². The first-order chi connectivity index (χ1) is 11.0. The Labute approximate surface area is 135 Å². The Morgan fingerprint density at radius 2 is 2.26 bits per heavy atom. The first kappa shape index (κ1) is 14.7. The van der Waals surface area contributed by atoms with Crippen molar-refractivity contribution in [3.8, 4) is 0 Å². The molecule has 5 heteroatoms. The Hall–Kier alpha value is -1.88. The molecule has 3 atom stereocenters. The smallest absolute Gasteiger partial charge is 0.358 e. The second-order valence-electron chi connectivity index (χ2n) is 7.27. The molecule has 122 valence electrons. The molecule has 0 aromatic carbocycles. The molecule has 4 rings (SSSR count). The van der Waals surface area contributed by atoms with Gasteiger partial charge in [0.25, 0.3) is 0 Å². The summed E-state index contributed by atoms with van der Waals surface area (Å²) in [6.07, 6.45) is 3.98. The molecule has 1 saturated heterocycles. The van der Waals surface area contributed by atoms with E-state index in [-0.39, 0.29) is 23.6 Å². The molecule has 0 radical (unpaired) electrons. The summed E-state index contributed by atoms with van der Waals surface area (Å²) in [6, 6.07) is 5.82. The van der Waals surface area contributed by atoms with Gasteiger partial charge >= 0.3 is 5.97 Å². The molecule has 1 saturated carbocycles. The Balaban J connectivity index is 1.56. The quantitative estimate of drug-likeness (QED) is 0.800. The summed E-state index contributed by atoms with van der Waals surface area (Å²) in [7, 11) is 0. The van der Waals surface area contributed by atoms with Gasteiger partial charge in [-0.2, -0.15) is 0 Å². The Kier molecular flexibility index (Phi) is 3.23. The van der Waals surface area contributed by atoms with Gasteiger partial charge in [0.1, 0.15) is 11.8 Å². The molecule has 3 heterocycles. The van der Waals surface area contributed by atoms with Crippen LogP contribution in [-0.2, 0) is 9.47 Å². The average Bonchev–Trinajstić information content (AvgIpc) is 2.98.